The van der Waals surface area contributed by atoms with E-state index in [9.17, 15) is 5.11 Å². The van der Waals surface area contributed by atoms with Crippen molar-refractivity contribution in [2.24, 2.45) is 0 Å². The molecule has 0 saturated heterocycles. The minimum Gasteiger partial charge on any atom is -0.389 e. The van der Waals surface area contributed by atoms with Gasteiger partial charge in [0.1, 0.15) is 0 Å². The van der Waals surface area contributed by atoms with E-state index in [0.29, 0.717) is 0 Å². The van der Waals surface area contributed by atoms with E-state index in [1.165, 1.54) is 38.5 Å². The highest BCUT2D eigenvalue weighted by atomic mass is 16.3. The number of rotatable bonds is 10. The molecular weight excluding hydrogens is 184 g/mol. The molecule has 1 heteroatoms. The Balaban J connectivity index is 3.26. The quantitative estimate of drug-likeness (QED) is 0.419. The van der Waals surface area contributed by atoms with Crippen molar-refractivity contribution in [1.29, 1.82) is 0 Å². The SMILES string of the molecule is CCCCCC=CC(O)CCCCCC. The molecule has 1 unspecified atom stereocenters. The minimum atomic E-state index is -0.205. The van der Waals surface area contributed by atoms with E-state index in [1.807, 2.05) is 6.08 Å². The lowest BCUT2D eigenvalue weighted by atomic mass is 10.1. The summed E-state index contributed by atoms with van der Waals surface area (Å²) in [6.07, 6.45) is 14.8. The summed E-state index contributed by atoms with van der Waals surface area (Å²) in [5.74, 6) is 0. The zero-order chi connectivity index (χ0) is 11.4. The Morgan fingerprint density at radius 2 is 1.60 bits per heavy atom. The molecule has 0 aromatic heterocycles. The third-order valence-corrected chi connectivity index (χ3v) is 2.69. The van der Waals surface area contributed by atoms with Crippen LogP contribution in [0, 0.1) is 0 Å². The van der Waals surface area contributed by atoms with E-state index in [0.717, 1.165) is 19.3 Å². The predicted molar refractivity (Wildman–Crippen MR) is 68.0 cm³/mol. The third-order valence-electron chi connectivity index (χ3n) is 2.69. The first-order valence-electron chi connectivity index (χ1n) is 6.66. The second-order valence-corrected chi connectivity index (χ2v) is 4.34. The predicted octanol–water partition coefficient (Wildman–Crippen LogP) is 4.45. The fourth-order valence-corrected chi connectivity index (χ4v) is 1.64. The van der Waals surface area contributed by atoms with Gasteiger partial charge in [0.05, 0.1) is 6.10 Å². The number of hydrogen-bond acceptors (Lipinski definition) is 1. The number of allylic oxidation sites excluding steroid dienone is 1. The van der Waals surface area contributed by atoms with Gasteiger partial charge in [0.15, 0.2) is 0 Å². The number of aliphatic hydroxyl groups is 1. The third kappa shape index (κ3) is 11.6. The van der Waals surface area contributed by atoms with Crippen LogP contribution in [0.25, 0.3) is 0 Å². The van der Waals surface area contributed by atoms with Gasteiger partial charge in [-0.3, -0.25) is 0 Å². The topological polar surface area (TPSA) is 20.2 Å². The van der Waals surface area contributed by atoms with Gasteiger partial charge in [-0.2, -0.15) is 0 Å². The average Bonchev–Trinajstić information content (AvgIpc) is 2.24. The van der Waals surface area contributed by atoms with Crippen molar-refractivity contribution in [3.63, 3.8) is 0 Å². The molecule has 0 bridgehead atoms. The Morgan fingerprint density at radius 1 is 0.933 bits per heavy atom. The molecule has 0 spiro atoms. The van der Waals surface area contributed by atoms with Gasteiger partial charge in [0.25, 0.3) is 0 Å². The summed E-state index contributed by atoms with van der Waals surface area (Å²) >= 11 is 0. The number of aliphatic hydroxyl groups excluding tert-OH is 1. The summed E-state index contributed by atoms with van der Waals surface area (Å²) in [7, 11) is 0. The Hall–Kier alpha value is -0.300. The van der Waals surface area contributed by atoms with Crippen LogP contribution in [0.3, 0.4) is 0 Å². The van der Waals surface area contributed by atoms with Crippen molar-refractivity contribution in [3.05, 3.63) is 12.2 Å². The van der Waals surface area contributed by atoms with Crippen LogP contribution >= 0.6 is 0 Å². The van der Waals surface area contributed by atoms with E-state index in [4.69, 9.17) is 0 Å². The molecule has 1 nitrogen and oxygen atoms in total. The maximum Gasteiger partial charge on any atom is 0.0720 e. The molecule has 0 aliphatic carbocycles. The van der Waals surface area contributed by atoms with Crippen molar-refractivity contribution >= 4 is 0 Å². The highest BCUT2D eigenvalue weighted by Gasteiger charge is 1.97. The summed E-state index contributed by atoms with van der Waals surface area (Å²) in [5.41, 5.74) is 0. The summed E-state index contributed by atoms with van der Waals surface area (Å²) in [6.45, 7) is 4.43. The Bertz CT molecular complexity index is 140. The summed E-state index contributed by atoms with van der Waals surface area (Å²) in [5, 5.41) is 9.62. The van der Waals surface area contributed by atoms with E-state index in [-0.39, 0.29) is 6.10 Å². The lowest BCUT2D eigenvalue weighted by molar-refractivity contribution is 0.207. The van der Waals surface area contributed by atoms with Gasteiger partial charge in [-0.15, -0.1) is 0 Å². The first-order valence-corrected chi connectivity index (χ1v) is 6.66. The molecule has 0 aromatic rings. The number of hydrogen-bond donors (Lipinski definition) is 1. The van der Waals surface area contributed by atoms with Crippen LogP contribution in [-0.4, -0.2) is 11.2 Å². The molecule has 1 N–H and O–H groups in total. The van der Waals surface area contributed by atoms with Gasteiger partial charge in [-0.1, -0.05) is 64.5 Å². The lowest BCUT2D eigenvalue weighted by Gasteiger charge is -2.04. The van der Waals surface area contributed by atoms with Gasteiger partial charge in [0.2, 0.25) is 0 Å². The summed E-state index contributed by atoms with van der Waals surface area (Å²) < 4.78 is 0. The van der Waals surface area contributed by atoms with E-state index in [2.05, 4.69) is 19.9 Å². The molecule has 0 heterocycles. The molecule has 0 aromatic carbocycles. The average molecular weight is 212 g/mol. The van der Waals surface area contributed by atoms with E-state index < -0.39 is 0 Å². The molecule has 0 radical (unpaired) electrons. The first-order chi connectivity index (χ1) is 7.31. The van der Waals surface area contributed by atoms with Gasteiger partial charge in [0, 0.05) is 0 Å². The number of unbranched alkanes of at least 4 members (excludes halogenated alkanes) is 6. The molecule has 0 amide bonds. The van der Waals surface area contributed by atoms with Crippen molar-refractivity contribution in [3.8, 4) is 0 Å². The fourth-order valence-electron chi connectivity index (χ4n) is 1.64. The monoisotopic (exact) mass is 212 g/mol. The zero-order valence-electron chi connectivity index (χ0n) is 10.5. The molecule has 0 aliphatic heterocycles. The van der Waals surface area contributed by atoms with E-state index >= 15 is 0 Å². The molecule has 90 valence electrons. The lowest BCUT2D eigenvalue weighted by Crippen LogP contribution is -2.01. The molecule has 0 saturated carbocycles. The van der Waals surface area contributed by atoms with Crippen LogP contribution in [0.5, 0.6) is 0 Å². The van der Waals surface area contributed by atoms with Crippen LogP contribution in [0.15, 0.2) is 12.2 Å². The summed E-state index contributed by atoms with van der Waals surface area (Å²) in [6, 6.07) is 0. The van der Waals surface area contributed by atoms with Gasteiger partial charge in [-0.05, 0) is 19.3 Å². The van der Waals surface area contributed by atoms with Gasteiger partial charge < -0.3 is 5.11 Å². The normalized spacial score (nSPS) is 13.5. The second-order valence-electron chi connectivity index (χ2n) is 4.34. The van der Waals surface area contributed by atoms with Crippen LogP contribution in [0.4, 0.5) is 0 Å². The van der Waals surface area contributed by atoms with E-state index in [1.54, 1.807) is 0 Å². The maximum atomic E-state index is 9.62. The van der Waals surface area contributed by atoms with Crippen molar-refractivity contribution < 1.29 is 5.11 Å². The molecular formula is C14H28O. The van der Waals surface area contributed by atoms with Crippen molar-refractivity contribution in [1.82, 2.24) is 0 Å². The maximum absolute atomic E-state index is 9.62. The second kappa shape index (κ2) is 11.8. The standard InChI is InChI=1S/C14H28O/c1-3-5-7-9-11-13-14(15)12-10-8-6-4-2/h11,13-15H,3-10,12H2,1-2H3. The highest BCUT2D eigenvalue weighted by Crippen LogP contribution is 2.07. The van der Waals surface area contributed by atoms with Crippen LogP contribution in [0.2, 0.25) is 0 Å². The molecule has 0 fully saturated rings. The van der Waals surface area contributed by atoms with Crippen molar-refractivity contribution in [2.45, 2.75) is 77.7 Å². The first kappa shape index (κ1) is 14.7. The highest BCUT2D eigenvalue weighted by molar-refractivity contribution is 4.88. The van der Waals surface area contributed by atoms with Crippen molar-refractivity contribution in [2.75, 3.05) is 0 Å². The zero-order valence-corrected chi connectivity index (χ0v) is 10.5. The smallest absolute Gasteiger partial charge is 0.0720 e. The van der Waals surface area contributed by atoms with Crippen LogP contribution in [-0.2, 0) is 0 Å². The molecule has 1 atom stereocenters. The Labute approximate surface area is 95.6 Å². The van der Waals surface area contributed by atoms with Crippen LogP contribution < -0.4 is 0 Å². The fraction of sp³-hybridized carbons (Fsp3) is 0.857. The molecule has 15 heavy (non-hydrogen) atoms. The van der Waals surface area contributed by atoms with Gasteiger partial charge in [-0.25, -0.2) is 0 Å². The minimum absolute atomic E-state index is 0.205. The molecule has 0 aliphatic rings. The Kier molecular flexibility index (Phi) is 11.5. The van der Waals surface area contributed by atoms with Gasteiger partial charge >= 0.3 is 0 Å². The molecule has 0 rings (SSSR count). The Morgan fingerprint density at radius 3 is 2.27 bits per heavy atom. The largest absolute Gasteiger partial charge is 0.389 e. The summed E-state index contributed by atoms with van der Waals surface area (Å²) in [4.78, 5) is 0. The van der Waals surface area contributed by atoms with Crippen LogP contribution in [0.1, 0.15) is 71.6 Å².